The maximum Gasteiger partial charge on any atom is 0.0823 e. The molecule has 4 heteroatoms. The third-order valence-electron chi connectivity index (χ3n) is 2.34. The van der Waals surface area contributed by atoms with Gasteiger partial charge in [-0.1, -0.05) is 6.92 Å². The maximum atomic E-state index is 9.45. The minimum atomic E-state index is -0.858. The Labute approximate surface area is 85.2 Å². The van der Waals surface area contributed by atoms with Gasteiger partial charge in [-0.3, -0.25) is 0 Å². The van der Waals surface area contributed by atoms with Crippen LogP contribution in [-0.4, -0.2) is 45.3 Å². The second kappa shape index (κ2) is 8.17. The molecule has 4 N–H and O–H groups in total. The summed E-state index contributed by atoms with van der Waals surface area (Å²) in [6.07, 6.45) is 0.413. The van der Waals surface area contributed by atoms with Crippen molar-refractivity contribution in [2.45, 2.75) is 57.3 Å². The standard InChI is InChI=1S/C10H22O4/c1-2-8(12)7-10(14)9(13)5-3-4-6-11/h8-14H,2-7H2,1H3. The Morgan fingerprint density at radius 1 is 1.00 bits per heavy atom. The fourth-order valence-corrected chi connectivity index (χ4v) is 1.26. The first-order valence-corrected chi connectivity index (χ1v) is 5.26. The highest BCUT2D eigenvalue weighted by Crippen LogP contribution is 2.11. The van der Waals surface area contributed by atoms with E-state index in [-0.39, 0.29) is 13.0 Å². The van der Waals surface area contributed by atoms with Crippen molar-refractivity contribution >= 4 is 0 Å². The van der Waals surface area contributed by atoms with Crippen LogP contribution in [0.1, 0.15) is 39.0 Å². The summed E-state index contributed by atoms with van der Waals surface area (Å²) in [6.45, 7) is 1.94. The molecule has 0 amide bonds. The Morgan fingerprint density at radius 3 is 2.14 bits per heavy atom. The van der Waals surface area contributed by atoms with Crippen molar-refractivity contribution in [3.8, 4) is 0 Å². The summed E-state index contributed by atoms with van der Waals surface area (Å²) < 4.78 is 0. The van der Waals surface area contributed by atoms with Gasteiger partial charge >= 0.3 is 0 Å². The van der Waals surface area contributed by atoms with E-state index < -0.39 is 18.3 Å². The van der Waals surface area contributed by atoms with Crippen LogP contribution in [-0.2, 0) is 0 Å². The SMILES string of the molecule is CCC(O)CC(O)C(O)CCCCO. The van der Waals surface area contributed by atoms with Crippen molar-refractivity contribution in [2.24, 2.45) is 0 Å². The van der Waals surface area contributed by atoms with E-state index in [0.717, 1.165) is 0 Å². The van der Waals surface area contributed by atoms with Crippen LogP contribution < -0.4 is 0 Å². The van der Waals surface area contributed by atoms with Gasteiger partial charge in [0.25, 0.3) is 0 Å². The van der Waals surface area contributed by atoms with Crippen molar-refractivity contribution in [1.29, 1.82) is 0 Å². The first-order valence-electron chi connectivity index (χ1n) is 5.26. The minimum absolute atomic E-state index is 0.112. The summed E-state index contributed by atoms with van der Waals surface area (Å²) in [4.78, 5) is 0. The monoisotopic (exact) mass is 206 g/mol. The third-order valence-corrected chi connectivity index (χ3v) is 2.34. The molecule has 0 aliphatic heterocycles. The average molecular weight is 206 g/mol. The van der Waals surface area contributed by atoms with Crippen LogP contribution in [0.25, 0.3) is 0 Å². The van der Waals surface area contributed by atoms with Crippen LogP contribution in [0.15, 0.2) is 0 Å². The molecule has 0 saturated carbocycles. The number of unbranched alkanes of at least 4 members (excludes halogenated alkanes) is 1. The second-order valence-electron chi connectivity index (χ2n) is 3.65. The van der Waals surface area contributed by atoms with Crippen LogP contribution in [0.2, 0.25) is 0 Å². The van der Waals surface area contributed by atoms with Crippen molar-refractivity contribution in [3.05, 3.63) is 0 Å². The van der Waals surface area contributed by atoms with Gasteiger partial charge in [0.2, 0.25) is 0 Å². The number of hydrogen-bond donors (Lipinski definition) is 4. The molecule has 4 nitrogen and oxygen atoms in total. The molecule has 0 aromatic heterocycles. The van der Waals surface area contributed by atoms with Crippen LogP contribution >= 0.6 is 0 Å². The maximum absolute atomic E-state index is 9.45. The fraction of sp³-hybridized carbons (Fsp3) is 1.00. The third kappa shape index (κ3) is 6.32. The second-order valence-corrected chi connectivity index (χ2v) is 3.65. The van der Waals surface area contributed by atoms with Crippen LogP contribution in [0.5, 0.6) is 0 Å². The number of aliphatic hydroxyl groups is 4. The Hall–Kier alpha value is -0.160. The summed E-state index contributed by atoms with van der Waals surface area (Å²) >= 11 is 0. The summed E-state index contributed by atoms with van der Waals surface area (Å²) in [5, 5.41) is 36.6. The van der Waals surface area contributed by atoms with Gasteiger partial charge in [-0.15, -0.1) is 0 Å². The molecule has 3 unspecified atom stereocenters. The van der Waals surface area contributed by atoms with E-state index >= 15 is 0 Å². The van der Waals surface area contributed by atoms with E-state index in [1.165, 1.54) is 0 Å². The van der Waals surface area contributed by atoms with Gasteiger partial charge in [-0.05, 0) is 25.7 Å². The molecular weight excluding hydrogens is 184 g/mol. The lowest BCUT2D eigenvalue weighted by Gasteiger charge is -2.19. The predicted octanol–water partition coefficient (Wildman–Crippen LogP) is 0.0318. The predicted molar refractivity (Wildman–Crippen MR) is 53.9 cm³/mol. The van der Waals surface area contributed by atoms with Gasteiger partial charge in [-0.25, -0.2) is 0 Å². The van der Waals surface area contributed by atoms with E-state index in [9.17, 15) is 15.3 Å². The van der Waals surface area contributed by atoms with Crippen molar-refractivity contribution < 1.29 is 20.4 Å². The molecule has 3 atom stereocenters. The van der Waals surface area contributed by atoms with E-state index in [1.54, 1.807) is 0 Å². The number of rotatable bonds is 8. The molecule has 0 heterocycles. The molecule has 0 bridgehead atoms. The molecule has 0 rings (SSSR count). The van der Waals surface area contributed by atoms with Crippen molar-refractivity contribution in [3.63, 3.8) is 0 Å². The van der Waals surface area contributed by atoms with Crippen LogP contribution in [0, 0.1) is 0 Å². The van der Waals surface area contributed by atoms with Gasteiger partial charge in [0.15, 0.2) is 0 Å². The molecule has 0 aromatic rings. The molecule has 0 aromatic carbocycles. The minimum Gasteiger partial charge on any atom is -0.396 e. The van der Waals surface area contributed by atoms with Crippen molar-refractivity contribution in [2.75, 3.05) is 6.61 Å². The smallest absolute Gasteiger partial charge is 0.0823 e. The van der Waals surface area contributed by atoms with Gasteiger partial charge < -0.3 is 20.4 Å². The lowest BCUT2D eigenvalue weighted by atomic mass is 10.0. The van der Waals surface area contributed by atoms with E-state index in [4.69, 9.17) is 5.11 Å². The fourth-order valence-electron chi connectivity index (χ4n) is 1.26. The zero-order valence-corrected chi connectivity index (χ0v) is 8.76. The Morgan fingerprint density at radius 2 is 1.64 bits per heavy atom. The van der Waals surface area contributed by atoms with E-state index in [2.05, 4.69) is 0 Å². The topological polar surface area (TPSA) is 80.9 Å². The zero-order valence-electron chi connectivity index (χ0n) is 8.76. The number of aliphatic hydroxyl groups excluding tert-OH is 4. The van der Waals surface area contributed by atoms with E-state index in [0.29, 0.717) is 25.7 Å². The molecule has 0 fully saturated rings. The normalized spacial score (nSPS) is 17.8. The van der Waals surface area contributed by atoms with Gasteiger partial charge in [0.05, 0.1) is 18.3 Å². The summed E-state index contributed by atoms with van der Waals surface area (Å²) in [7, 11) is 0. The lowest BCUT2D eigenvalue weighted by Crippen LogP contribution is -2.29. The van der Waals surface area contributed by atoms with Crippen molar-refractivity contribution in [1.82, 2.24) is 0 Å². The molecule has 0 radical (unpaired) electrons. The highest BCUT2D eigenvalue weighted by atomic mass is 16.3. The van der Waals surface area contributed by atoms with Crippen LogP contribution in [0.4, 0.5) is 0 Å². The first-order chi connectivity index (χ1) is 6.61. The highest BCUT2D eigenvalue weighted by molar-refractivity contribution is 4.70. The van der Waals surface area contributed by atoms with Gasteiger partial charge in [0.1, 0.15) is 0 Å². The molecule has 0 saturated heterocycles. The van der Waals surface area contributed by atoms with Crippen LogP contribution in [0.3, 0.4) is 0 Å². The number of hydrogen-bond acceptors (Lipinski definition) is 4. The summed E-state index contributed by atoms with van der Waals surface area (Å²) in [6, 6.07) is 0. The van der Waals surface area contributed by atoms with Gasteiger partial charge in [-0.2, -0.15) is 0 Å². The molecule has 0 spiro atoms. The molecule has 0 aliphatic rings. The summed E-state index contributed by atoms with van der Waals surface area (Å²) in [5.41, 5.74) is 0. The Bertz CT molecular complexity index is 129. The molecule has 14 heavy (non-hydrogen) atoms. The molecular formula is C10H22O4. The quantitative estimate of drug-likeness (QED) is 0.422. The average Bonchev–Trinajstić information content (AvgIpc) is 2.17. The molecule has 0 aliphatic carbocycles. The first kappa shape index (κ1) is 13.8. The zero-order chi connectivity index (χ0) is 11.0. The highest BCUT2D eigenvalue weighted by Gasteiger charge is 2.18. The largest absolute Gasteiger partial charge is 0.396 e. The summed E-state index contributed by atoms with van der Waals surface area (Å²) in [5.74, 6) is 0. The Balaban J connectivity index is 3.58. The lowest BCUT2D eigenvalue weighted by molar-refractivity contribution is -0.0173. The Kier molecular flexibility index (Phi) is 8.08. The van der Waals surface area contributed by atoms with Gasteiger partial charge in [0, 0.05) is 13.0 Å². The van der Waals surface area contributed by atoms with E-state index in [1.807, 2.05) is 6.92 Å². The molecule has 86 valence electrons.